The van der Waals surface area contributed by atoms with Crippen molar-refractivity contribution >= 4 is 17.5 Å². The summed E-state index contributed by atoms with van der Waals surface area (Å²) in [6.07, 6.45) is 0.776. The molecule has 0 atom stereocenters. The summed E-state index contributed by atoms with van der Waals surface area (Å²) in [6, 6.07) is 11.7. The van der Waals surface area contributed by atoms with Crippen LogP contribution in [0.1, 0.15) is 60.3 Å². The van der Waals surface area contributed by atoms with E-state index in [9.17, 15) is 9.59 Å². The molecule has 0 aromatic heterocycles. The number of carbonyl (C=O) groups excluding carboxylic acids is 2. The third-order valence-corrected chi connectivity index (χ3v) is 5.20. The number of nitrogens with zero attached hydrogens (tertiary/aromatic N) is 1. The minimum atomic E-state index is -0.162. The lowest BCUT2D eigenvalue weighted by atomic mass is 9.83. The van der Waals surface area contributed by atoms with Gasteiger partial charge in [0.15, 0.2) is 0 Å². The first-order valence-electron chi connectivity index (χ1n) is 9.74. The first-order valence-corrected chi connectivity index (χ1v) is 9.74. The molecule has 2 aromatic carbocycles. The van der Waals surface area contributed by atoms with Crippen molar-refractivity contribution in [2.75, 3.05) is 18.5 Å². The second kappa shape index (κ2) is 8.59. The Hall–Kier alpha value is -2.62. The smallest absolute Gasteiger partial charge is 0.253 e. The normalized spacial score (nSPS) is 11.2. The van der Waals surface area contributed by atoms with Crippen molar-refractivity contribution in [2.24, 2.45) is 0 Å². The highest BCUT2D eigenvalue weighted by molar-refractivity contribution is 6.04. The lowest BCUT2D eigenvalue weighted by Crippen LogP contribution is -2.30. The molecule has 2 aromatic rings. The minimum Gasteiger partial charge on any atom is -0.352 e. The van der Waals surface area contributed by atoms with Crippen LogP contribution >= 0.6 is 0 Å². The molecule has 0 heterocycles. The summed E-state index contributed by atoms with van der Waals surface area (Å²) >= 11 is 0. The van der Waals surface area contributed by atoms with E-state index >= 15 is 0 Å². The van der Waals surface area contributed by atoms with E-state index < -0.39 is 0 Å². The third-order valence-electron chi connectivity index (χ3n) is 5.20. The van der Waals surface area contributed by atoms with Crippen LogP contribution in [0, 0.1) is 13.8 Å². The van der Waals surface area contributed by atoms with Crippen LogP contribution in [-0.2, 0) is 16.6 Å². The van der Waals surface area contributed by atoms with E-state index in [1.54, 1.807) is 19.2 Å². The van der Waals surface area contributed by atoms with Crippen LogP contribution in [0.2, 0.25) is 0 Å². The molecule has 4 heteroatoms. The van der Waals surface area contributed by atoms with E-state index in [2.05, 4.69) is 52.1 Å². The van der Waals surface area contributed by atoms with Gasteiger partial charge in [-0.15, -0.1) is 0 Å². The van der Waals surface area contributed by atoms with Gasteiger partial charge in [0.25, 0.3) is 5.91 Å². The number of benzene rings is 2. The van der Waals surface area contributed by atoms with Crippen LogP contribution in [0.15, 0.2) is 36.4 Å². The van der Waals surface area contributed by atoms with Crippen LogP contribution in [0.5, 0.6) is 0 Å². The van der Waals surface area contributed by atoms with Gasteiger partial charge in [-0.2, -0.15) is 0 Å². The summed E-state index contributed by atoms with van der Waals surface area (Å²) in [5.41, 5.74) is 6.38. The molecule has 0 radical (unpaired) electrons. The van der Waals surface area contributed by atoms with E-state index in [0.29, 0.717) is 17.8 Å². The summed E-state index contributed by atoms with van der Waals surface area (Å²) in [5.74, 6) is -0.268. The first-order chi connectivity index (χ1) is 13.0. The number of carbonyl (C=O) groups is 2. The molecule has 28 heavy (non-hydrogen) atoms. The molecule has 0 spiro atoms. The molecule has 0 aliphatic carbocycles. The largest absolute Gasteiger partial charge is 0.352 e. The SMILES string of the molecule is CC(=O)N(C)c1ccccc1C(=O)NCCc1c(C)cc(C(C)(C)C)cc1C. The fourth-order valence-corrected chi connectivity index (χ4v) is 3.34. The van der Waals surface area contributed by atoms with E-state index in [-0.39, 0.29) is 17.2 Å². The van der Waals surface area contributed by atoms with Gasteiger partial charge in [0.05, 0.1) is 11.3 Å². The van der Waals surface area contributed by atoms with Crippen molar-refractivity contribution in [2.45, 2.75) is 53.4 Å². The Kier molecular flexibility index (Phi) is 6.65. The number of hydrogen-bond acceptors (Lipinski definition) is 2. The molecule has 2 amide bonds. The van der Waals surface area contributed by atoms with Gasteiger partial charge in [-0.05, 0) is 60.1 Å². The molecule has 0 saturated heterocycles. The monoisotopic (exact) mass is 380 g/mol. The van der Waals surface area contributed by atoms with Crippen molar-refractivity contribution in [3.05, 3.63) is 64.2 Å². The number of nitrogens with one attached hydrogen (secondary N) is 1. The van der Waals surface area contributed by atoms with Crippen LogP contribution in [0.3, 0.4) is 0 Å². The Balaban J connectivity index is 2.11. The van der Waals surface area contributed by atoms with Gasteiger partial charge in [-0.3, -0.25) is 9.59 Å². The lowest BCUT2D eigenvalue weighted by Gasteiger charge is -2.22. The third kappa shape index (κ3) is 5.00. The predicted octanol–water partition coefficient (Wildman–Crippen LogP) is 4.56. The molecule has 0 aliphatic heterocycles. The van der Waals surface area contributed by atoms with Crippen molar-refractivity contribution in [3.8, 4) is 0 Å². The lowest BCUT2D eigenvalue weighted by molar-refractivity contribution is -0.116. The van der Waals surface area contributed by atoms with Crippen molar-refractivity contribution in [3.63, 3.8) is 0 Å². The van der Waals surface area contributed by atoms with Gasteiger partial charge in [-0.25, -0.2) is 0 Å². The topological polar surface area (TPSA) is 49.4 Å². The highest BCUT2D eigenvalue weighted by Crippen LogP contribution is 2.27. The molecular weight excluding hydrogens is 348 g/mol. The van der Waals surface area contributed by atoms with Gasteiger partial charge in [-0.1, -0.05) is 45.0 Å². The summed E-state index contributed by atoms with van der Waals surface area (Å²) in [6.45, 7) is 13.0. The molecule has 0 bridgehead atoms. The van der Waals surface area contributed by atoms with Gasteiger partial charge in [0.2, 0.25) is 5.91 Å². The molecule has 0 fully saturated rings. The maximum Gasteiger partial charge on any atom is 0.253 e. The zero-order valence-corrected chi connectivity index (χ0v) is 18.1. The molecule has 4 nitrogen and oxygen atoms in total. The number of aryl methyl sites for hydroxylation is 2. The Morgan fingerprint density at radius 1 is 1.04 bits per heavy atom. The summed E-state index contributed by atoms with van der Waals surface area (Å²) in [5, 5.41) is 3.00. The van der Waals surface area contributed by atoms with Crippen molar-refractivity contribution in [1.29, 1.82) is 0 Å². The average Bonchev–Trinajstić information content (AvgIpc) is 2.62. The van der Waals surface area contributed by atoms with Gasteiger partial charge >= 0.3 is 0 Å². The second-order valence-corrected chi connectivity index (χ2v) is 8.44. The average molecular weight is 381 g/mol. The van der Waals surface area contributed by atoms with Crippen molar-refractivity contribution in [1.82, 2.24) is 5.32 Å². The molecule has 1 N–H and O–H groups in total. The molecule has 0 saturated carbocycles. The number of anilines is 1. The molecule has 0 unspecified atom stereocenters. The fraction of sp³-hybridized carbons (Fsp3) is 0.417. The van der Waals surface area contributed by atoms with Crippen LogP contribution in [-0.4, -0.2) is 25.4 Å². The zero-order valence-electron chi connectivity index (χ0n) is 18.1. The minimum absolute atomic E-state index is 0.106. The van der Waals surface area contributed by atoms with E-state index in [4.69, 9.17) is 0 Å². The maximum absolute atomic E-state index is 12.7. The van der Waals surface area contributed by atoms with Gasteiger partial charge in [0.1, 0.15) is 0 Å². The summed E-state index contributed by atoms with van der Waals surface area (Å²) < 4.78 is 0. The van der Waals surface area contributed by atoms with Crippen LogP contribution in [0.25, 0.3) is 0 Å². The Morgan fingerprint density at radius 3 is 2.14 bits per heavy atom. The summed E-state index contributed by atoms with van der Waals surface area (Å²) in [4.78, 5) is 25.9. The fourth-order valence-electron chi connectivity index (χ4n) is 3.34. The van der Waals surface area contributed by atoms with E-state index in [1.807, 2.05) is 12.1 Å². The number of para-hydroxylation sites is 1. The van der Waals surface area contributed by atoms with Crippen LogP contribution < -0.4 is 10.2 Å². The second-order valence-electron chi connectivity index (χ2n) is 8.44. The molecule has 2 rings (SSSR count). The first kappa shape index (κ1) is 21.7. The maximum atomic E-state index is 12.7. The predicted molar refractivity (Wildman–Crippen MR) is 116 cm³/mol. The molecular formula is C24H32N2O2. The number of hydrogen-bond donors (Lipinski definition) is 1. The Bertz CT molecular complexity index is 855. The Labute approximate surface area is 169 Å². The quantitative estimate of drug-likeness (QED) is 0.827. The summed E-state index contributed by atoms with van der Waals surface area (Å²) in [7, 11) is 1.68. The standard InChI is InChI=1S/C24H32N2O2/c1-16-14-19(24(4,5)6)15-17(2)20(16)12-13-25-23(28)21-10-8-9-11-22(21)26(7)18(3)27/h8-11,14-15H,12-13H2,1-7H3,(H,25,28). The van der Waals surface area contributed by atoms with Gasteiger partial charge in [0, 0.05) is 20.5 Å². The molecule has 150 valence electrons. The highest BCUT2D eigenvalue weighted by Gasteiger charge is 2.18. The zero-order chi connectivity index (χ0) is 21.1. The number of amides is 2. The van der Waals surface area contributed by atoms with E-state index in [1.165, 1.54) is 34.1 Å². The van der Waals surface area contributed by atoms with E-state index in [0.717, 1.165) is 6.42 Å². The number of rotatable bonds is 5. The highest BCUT2D eigenvalue weighted by atomic mass is 16.2. The molecule has 0 aliphatic rings. The van der Waals surface area contributed by atoms with Crippen LogP contribution in [0.4, 0.5) is 5.69 Å². The van der Waals surface area contributed by atoms with Crippen molar-refractivity contribution < 1.29 is 9.59 Å². The van der Waals surface area contributed by atoms with Gasteiger partial charge < -0.3 is 10.2 Å². The Morgan fingerprint density at radius 2 is 1.61 bits per heavy atom.